The number of carbonyl (C=O) groups excluding carboxylic acids is 2. The third-order valence-electron chi connectivity index (χ3n) is 5.00. The van der Waals surface area contributed by atoms with Crippen molar-refractivity contribution in [1.29, 1.82) is 0 Å². The number of ketones is 1. The van der Waals surface area contributed by atoms with Crippen LogP contribution < -0.4 is 9.29 Å². The highest BCUT2D eigenvalue weighted by atomic mass is 79.9. The predicted octanol–water partition coefficient (Wildman–Crippen LogP) is 4.54. The molecule has 0 heterocycles. The monoisotopic (exact) mass is 617 g/mol. The second kappa shape index (κ2) is 9.08. The van der Waals surface area contributed by atoms with Crippen LogP contribution in [0.4, 0.5) is 39.5 Å². The quantitative estimate of drug-likeness (QED) is 0.187. The number of Topliss-reactive ketones (excluding diaryl/α,β-unsaturated/α-hetero) is 1. The summed E-state index contributed by atoms with van der Waals surface area (Å²) in [6, 6.07) is 3.15. The van der Waals surface area contributed by atoms with Crippen molar-refractivity contribution in [3.05, 3.63) is 39.4 Å². The highest BCUT2D eigenvalue weighted by molar-refractivity contribution is 9.10. The van der Waals surface area contributed by atoms with Crippen molar-refractivity contribution in [2.24, 2.45) is 0 Å². The second-order valence-electron chi connectivity index (χ2n) is 7.17. The average molecular weight is 618 g/mol. The van der Waals surface area contributed by atoms with Gasteiger partial charge in [-0.2, -0.15) is 47.9 Å². The van der Waals surface area contributed by atoms with E-state index < -0.39 is 61.8 Å². The fourth-order valence-electron chi connectivity index (χ4n) is 3.20. The smallest absolute Gasteiger partial charge is 0.460 e. The summed E-state index contributed by atoms with van der Waals surface area (Å²) in [5.74, 6) is -21.4. The lowest BCUT2D eigenvalue weighted by molar-refractivity contribution is -0.382. The van der Waals surface area contributed by atoms with Gasteiger partial charge in [0.2, 0.25) is 5.78 Å². The van der Waals surface area contributed by atoms with Gasteiger partial charge in [-0.15, -0.1) is 0 Å². The van der Waals surface area contributed by atoms with Gasteiger partial charge in [0.25, 0.3) is 0 Å². The van der Waals surface area contributed by atoms with Gasteiger partial charge < -0.3 is 14.1 Å². The molecule has 0 fully saturated rings. The summed E-state index contributed by atoms with van der Waals surface area (Å²) in [5.41, 5.74) is -1.55. The van der Waals surface area contributed by atoms with Crippen LogP contribution in [0.15, 0.2) is 22.7 Å². The van der Waals surface area contributed by atoms with Gasteiger partial charge in [0.1, 0.15) is 5.97 Å². The van der Waals surface area contributed by atoms with Gasteiger partial charge in [0.15, 0.2) is 5.75 Å². The molecule has 6 nitrogen and oxygen atoms in total. The highest BCUT2D eigenvalue weighted by Gasteiger charge is 2.86. The van der Waals surface area contributed by atoms with Crippen molar-refractivity contribution in [2.75, 3.05) is 0 Å². The summed E-state index contributed by atoms with van der Waals surface area (Å²) in [6.07, 6.45) is -7.62. The Morgan fingerprint density at radius 1 is 0.972 bits per heavy atom. The average Bonchev–Trinajstić information content (AvgIpc) is 2.73. The SMILES string of the molecule is CCc1c(C(=O)C(=O)[O-])c(OS(=O)(=O)C(F)(F)C(F)(F)C(F)(F)C(F)(F)F)c2ccc(Br)cc2c1C. The molecule has 0 aliphatic rings. The van der Waals surface area contributed by atoms with Crippen molar-refractivity contribution in [3.63, 3.8) is 0 Å². The first-order chi connectivity index (χ1) is 16.1. The molecule has 36 heavy (non-hydrogen) atoms. The zero-order chi connectivity index (χ0) is 28.2. The van der Waals surface area contributed by atoms with Gasteiger partial charge in [0.05, 0.1) is 5.56 Å². The molecule has 17 heteroatoms. The molecular weight excluding hydrogens is 607 g/mol. The van der Waals surface area contributed by atoms with E-state index >= 15 is 0 Å². The molecule has 0 aliphatic heterocycles. The number of aliphatic carboxylic acids is 1. The summed E-state index contributed by atoms with van der Waals surface area (Å²) in [5, 5.41) is 3.23. The van der Waals surface area contributed by atoms with E-state index in [2.05, 4.69) is 20.1 Å². The summed E-state index contributed by atoms with van der Waals surface area (Å²) in [6.45, 7) is 2.56. The van der Waals surface area contributed by atoms with Gasteiger partial charge in [-0.3, -0.25) is 4.79 Å². The normalized spacial score (nSPS) is 13.7. The number of carboxylic acid groups (broad SMARTS) is 1. The van der Waals surface area contributed by atoms with Crippen LogP contribution in [0.3, 0.4) is 0 Å². The van der Waals surface area contributed by atoms with Crippen LogP contribution in [0, 0.1) is 6.92 Å². The van der Waals surface area contributed by atoms with E-state index in [-0.39, 0.29) is 27.4 Å². The van der Waals surface area contributed by atoms with Crippen LogP contribution in [-0.2, 0) is 21.3 Å². The minimum atomic E-state index is -7.60. The number of aryl methyl sites for hydroxylation is 1. The molecule has 2 aromatic rings. The highest BCUT2D eigenvalue weighted by Crippen LogP contribution is 2.55. The molecule has 0 saturated heterocycles. The van der Waals surface area contributed by atoms with Gasteiger partial charge >= 0.3 is 33.4 Å². The van der Waals surface area contributed by atoms with E-state index in [4.69, 9.17) is 0 Å². The van der Waals surface area contributed by atoms with Gasteiger partial charge in [0, 0.05) is 9.86 Å². The van der Waals surface area contributed by atoms with Gasteiger partial charge in [-0.05, 0) is 48.1 Å². The van der Waals surface area contributed by atoms with E-state index in [9.17, 15) is 62.6 Å². The number of halogens is 10. The Balaban J connectivity index is 2.95. The molecule has 0 amide bonds. The fourth-order valence-corrected chi connectivity index (χ4v) is 4.50. The molecule has 0 saturated carbocycles. The molecule has 0 unspecified atom stereocenters. The Hall–Kier alpha value is -2.56. The van der Waals surface area contributed by atoms with Crippen LogP contribution in [0.25, 0.3) is 10.8 Å². The molecular formula is C19H11BrF9O6S-. The maximum atomic E-state index is 14.2. The van der Waals surface area contributed by atoms with E-state index in [0.29, 0.717) is 0 Å². The van der Waals surface area contributed by atoms with Crippen molar-refractivity contribution in [1.82, 2.24) is 0 Å². The molecule has 0 aliphatic carbocycles. The molecule has 0 bridgehead atoms. The maximum Gasteiger partial charge on any atom is 0.460 e. The van der Waals surface area contributed by atoms with Crippen molar-refractivity contribution in [2.45, 2.75) is 43.5 Å². The number of carboxylic acids is 1. The largest absolute Gasteiger partial charge is 0.541 e. The summed E-state index contributed by atoms with van der Waals surface area (Å²) in [7, 11) is -7.48. The molecule has 200 valence electrons. The number of alkyl halides is 9. The zero-order valence-corrected chi connectivity index (χ0v) is 20.0. The number of benzene rings is 2. The topological polar surface area (TPSA) is 101 Å². The van der Waals surface area contributed by atoms with Gasteiger partial charge in [-0.1, -0.05) is 22.9 Å². The number of hydrogen-bond acceptors (Lipinski definition) is 6. The Morgan fingerprint density at radius 3 is 1.94 bits per heavy atom. The third-order valence-corrected chi connectivity index (χ3v) is 6.76. The van der Waals surface area contributed by atoms with Crippen LogP contribution in [0.2, 0.25) is 0 Å². The van der Waals surface area contributed by atoms with Crippen molar-refractivity contribution < 1.29 is 66.8 Å². The number of fused-ring (bicyclic) bond motifs is 1. The lowest BCUT2D eigenvalue weighted by atomic mass is 9.90. The first kappa shape index (κ1) is 29.7. The molecule has 0 radical (unpaired) electrons. The molecule has 2 rings (SSSR count). The molecule has 0 spiro atoms. The second-order valence-corrected chi connectivity index (χ2v) is 9.67. The Labute approximate surface area is 204 Å². The summed E-state index contributed by atoms with van der Waals surface area (Å²) >= 11 is 3.03. The maximum absolute atomic E-state index is 14.2. The Morgan fingerprint density at radius 2 is 1.50 bits per heavy atom. The molecule has 0 atom stereocenters. The summed E-state index contributed by atoms with van der Waals surface area (Å²) in [4.78, 5) is 23.5. The number of rotatable bonds is 8. The van der Waals surface area contributed by atoms with E-state index in [1.165, 1.54) is 19.9 Å². The predicted molar refractivity (Wildman–Crippen MR) is 106 cm³/mol. The molecule has 0 aromatic heterocycles. The molecule has 0 N–H and O–H groups in total. The number of hydrogen-bond donors (Lipinski definition) is 0. The fraction of sp³-hybridized carbons (Fsp3) is 0.368. The number of carbonyl (C=O) groups is 2. The van der Waals surface area contributed by atoms with Crippen LogP contribution in [0.1, 0.15) is 28.4 Å². The standard InChI is InChI=1S/C19H12BrF9O6S/c1-3-9-7(2)11-6-8(20)4-5-10(11)14(12(9)13(30)15(31)32)35-36(33,34)19(28,29)17(23,24)16(21,22)18(25,26)27/h4-6H,3H2,1-2H3,(H,31,32)/p-1. The van der Waals surface area contributed by atoms with Crippen molar-refractivity contribution >= 4 is 48.6 Å². The van der Waals surface area contributed by atoms with Gasteiger partial charge in [-0.25, -0.2) is 0 Å². The van der Waals surface area contributed by atoms with E-state index in [0.717, 1.165) is 12.1 Å². The first-order valence-electron chi connectivity index (χ1n) is 9.21. The lowest BCUT2D eigenvalue weighted by Crippen LogP contribution is -2.63. The lowest BCUT2D eigenvalue weighted by Gasteiger charge is -2.32. The minimum Gasteiger partial charge on any atom is -0.541 e. The molecule has 2 aromatic carbocycles. The van der Waals surface area contributed by atoms with Crippen LogP contribution in [0.5, 0.6) is 5.75 Å². The van der Waals surface area contributed by atoms with Crippen LogP contribution in [-0.4, -0.2) is 43.4 Å². The Kier molecular flexibility index (Phi) is 7.48. The first-order valence-corrected chi connectivity index (χ1v) is 11.4. The van der Waals surface area contributed by atoms with Crippen molar-refractivity contribution in [3.8, 4) is 5.75 Å². The minimum absolute atomic E-state index is 0.0730. The Bertz CT molecular complexity index is 1350. The van der Waals surface area contributed by atoms with E-state index in [1.54, 1.807) is 0 Å². The summed E-state index contributed by atoms with van der Waals surface area (Å²) < 4.78 is 148. The third kappa shape index (κ3) is 4.39. The van der Waals surface area contributed by atoms with E-state index in [1.807, 2.05) is 0 Å². The van der Waals surface area contributed by atoms with Crippen LogP contribution >= 0.6 is 15.9 Å². The zero-order valence-electron chi connectivity index (χ0n) is 17.6.